The molecule has 0 aliphatic carbocycles. The second kappa shape index (κ2) is 4.41. The molecule has 1 aromatic heterocycles. The van der Waals surface area contributed by atoms with E-state index in [1.807, 2.05) is 12.1 Å². The predicted octanol–water partition coefficient (Wildman–Crippen LogP) is 2.99. The van der Waals surface area contributed by atoms with Crippen LogP contribution in [0.15, 0.2) is 24.3 Å². The zero-order valence-corrected chi connectivity index (χ0v) is 10.9. The van der Waals surface area contributed by atoms with Gasteiger partial charge in [0.15, 0.2) is 0 Å². The van der Waals surface area contributed by atoms with Crippen LogP contribution in [0, 0.1) is 0 Å². The van der Waals surface area contributed by atoms with Crippen LogP contribution < -0.4 is 0 Å². The van der Waals surface area contributed by atoms with E-state index in [1.54, 1.807) is 6.07 Å². The van der Waals surface area contributed by atoms with Crippen molar-refractivity contribution in [1.82, 2.24) is 9.47 Å². The van der Waals surface area contributed by atoms with Gasteiger partial charge in [0.2, 0.25) is 0 Å². The van der Waals surface area contributed by atoms with Gasteiger partial charge in [0, 0.05) is 23.7 Å². The molecule has 0 bridgehead atoms. The molecule has 1 aromatic carbocycles. The number of nitrogens with zero attached hydrogens (tertiary/aromatic N) is 2. The minimum absolute atomic E-state index is 0.343. The van der Waals surface area contributed by atoms with Gasteiger partial charge >= 0.3 is 0 Å². The Balaban J connectivity index is 2.67. The van der Waals surface area contributed by atoms with E-state index in [0.717, 1.165) is 17.4 Å². The maximum atomic E-state index is 10.0. The van der Waals surface area contributed by atoms with Crippen molar-refractivity contribution in [3.8, 4) is 5.75 Å². The fourth-order valence-electron chi connectivity index (χ4n) is 2.36. The maximum absolute atomic E-state index is 10.0. The third kappa shape index (κ3) is 2.15. The first-order valence-electron chi connectivity index (χ1n) is 5.97. The number of benzene rings is 1. The molecule has 0 fully saturated rings. The highest BCUT2D eigenvalue weighted by Crippen LogP contribution is 2.31. The number of aromatic hydroxyl groups is 1. The molecule has 0 spiro atoms. The van der Waals surface area contributed by atoms with E-state index in [-0.39, 0.29) is 0 Å². The summed E-state index contributed by atoms with van der Waals surface area (Å²) in [5, 5.41) is 11.1. The number of hydrogen-bond acceptors (Lipinski definition) is 2. The second-order valence-electron chi connectivity index (χ2n) is 5.05. The van der Waals surface area contributed by atoms with E-state index in [1.165, 1.54) is 5.69 Å². The summed E-state index contributed by atoms with van der Waals surface area (Å²) in [6.07, 6.45) is 0. The first kappa shape index (κ1) is 12.0. The van der Waals surface area contributed by atoms with E-state index in [9.17, 15) is 5.11 Å². The number of rotatable bonds is 3. The highest BCUT2D eigenvalue weighted by molar-refractivity contribution is 5.86. The molecule has 0 radical (unpaired) electrons. The molecule has 2 rings (SSSR count). The molecule has 0 saturated carbocycles. The van der Waals surface area contributed by atoms with Crippen LogP contribution in [0.4, 0.5) is 0 Å². The molecule has 0 aliphatic heterocycles. The Labute approximate surface area is 102 Å². The molecular formula is C14H20N2O. The summed E-state index contributed by atoms with van der Waals surface area (Å²) in [6, 6.07) is 8.20. The largest absolute Gasteiger partial charge is 0.506 e. The highest BCUT2D eigenvalue weighted by Gasteiger charge is 2.14. The quantitative estimate of drug-likeness (QED) is 0.881. The first-order valence-corrected chi connectivity index (χ1v) is 5.97. The van der Waals surface area contributed by atoms with Gasteiger partial charge in [-0.3, -0.25) is 0 Å². The lowest BCUT2D eigenvalue weighted by Gasteiger charge is -2.17. The molecule has 3 heteroatoms. The lowest BCUT2D eigenvalue weighted by Crippen LogP contribution is -2.15. The van der Waals surface area contributed by atoms with Crippen LogP contribution in [0.5, 0.6) is 5.75 Å². The van der Waals surface area contributed by atoms with Crippen molar-refractivity contribution < 1.29 is 5.11 Å². The number of phenolic OH excluding ortho intramolecular Hbond substituents is 1. The van der Waals surface area contributed by atoms with Crippen LogP contribution >= 0.6 is 0 Å². The van der Waals surface area contributed by atoms with Gasteiger partial charge in [0.05, 0.1) is 5.52 Å². The van der Waals surface area contributed by atoms with E-state index in [0.29, 0.717) is 11.8 Å². The summed E-state index contributed by atoms with van der Waals surface area (Å²) >= 11 is 0. The zero-order chi connectivity index (χ0) is 12.6. The van der Waals surface area contributed by atoms with Gasteiger partial charge in [-0.25, -0.2) is 0 Å². The number of phenols is 1. The van der Waals surface area contributed by atoms with Crippen molar-refractivity contribution in [3.63, 3.8) is 0 Å². The van der Waals surface area contributed by atoms with E-state index < -0.39 is 0 Å². The Morgan fingerprint density at radius 1 is 1.29 bits per heavy atom. The molecule has 0 amide bonds. The summed E-state index contributed by atoms with van der Waals surface area (Å²) in [5.41, 5.74) is 2.18. The van der Waals surface area contributed by atoms with Gasteiger partial charge in [-0.05, 0) is 40.1 Å². The molecular weight excluding hydrogens is 212 g/mol. The topological polar surface area (TPSA) is 28.4 Å². The Kier molecular flexibility index (Phi) is 3.11. The fraction of sp³-hybridized carbons (Fsp3) is 0.429. The summed E-state index contributed by atoms with van der Waals surface area (Å²) in [5.74, 6) is 0.362. The standard InChI is InChI=1S/C14H20N2O/c1-10(2)16-12(9-15(3)4)8-11-6-5-7-13(17)14(11)16/h5-8,10,17H,9H2,1-4H3. The van der Waals surface area contributed by atoms with Gasteiger partial charge in [-0.2, -0.15) is 0 Å². The average molecular weight is 232 g/mol. The molecule has 0 unspecified atom stereocenters. The third-order valence-corrected chi connectivity index (χ3v) is 2.91. The SMILES string of the molecule is CC(C)n1c(CN(C)C)cc2cccc(O)c21. The van der Waals surface area contributed by atoms with Crippen LogP contribution in [0.25, 0.3) is 10.9 Å². The highest BCUT2D eigenvalue weighted by atomic mass is 16.3. The van der Waals surface area contributed by atoms with Crippen molar-refractivity contribution in [2.45, 2.75) is 26.4 Å². The fourth-order valence-corrected chi connectivity index (χ4v) is 2.36. The Bertz CT molecular complexity index is 526. The monoisotopic (exact) mass is 232 g/mol. The first-order chi connectivity index (χ1) is 8.00. The smallest absolute Gasteiger partial charge is 0.139 e. The van der Waals surface area contributed by atoms with Crippen molar-refractivity contribution in [1.29, 1.82) is 0 Å². The second-order valence-corrected chi connectivity index (χ2v) is 5.05. The van der Waals surface area contributed by atoms with Crippen molar-refractivity contribution in [3.05, 3.63) is 30.0 Å². The zero-order valence-electron chi connectivity index (χ0n) is 10.9. The summed E-state index contributed by atoms with van der Waals surface area (Å²) in [7, 11) is 4.12. The average Bonchev–Trinajstić information content (AvgIpc) is 2.56. The summed E-state index contributed by atoms with van der Waals surface area (Å²) < 4.78 is 2.21. The van der Waals surface area contributed by atoms with E-state index in [4.69, 9.17) is 0 Å². The summed E-state index contributed by atoms with van der Waals surface area (Å²) in [4.78, 5) is 2.14. The molecule has 0 aliphatic rings. The molecule has 1 heterocycles. The Morgan fingerprint density at radius 3 is 2.59 bits per heavy atom. The van der Waals surface area contributed by atoms with Gasteiger partial charge in [-0.1, -0.05) is 12.1 Å². The Hall–Kier alpha value is -1.48. The lowest BCUT2D eigenvalue weighted by atomic mass is 10.2. The Morgan fingerprint density at radius 2 is 2.00 bits per heavy atom. The number of aromatic nitrogens is 1. The van der Waals surface area contributed by atoms with Crippen LogP contribution in [-0.2, 0) is 6.54 Å². The van der Waals surface area contributed by atoms with E-state index in [2.05, 4.69) is 43.5 Å². The van der Waals surface area contributed by atoms with Crippen LogP contribution in [-0.4, -0.2) is 28.7 Å². The number of para-hydroxylation sites is 1. The summed E-state index contributed by atoms with van der Waals surface area (Å²) in [6.45, 7) is 5.17. The lowest BCUT2D eigenvalue weighted by molar-refractivity contribution is 0.382. The molecule has 1 N–H and O–H groups in total. The van der Waals surface area contributed by atoms with Crippen molar-refractivity contribution in [2.75, 3.05) is 14.1 Å². The molecule has 0 atom stereocenters. The minimum atomic E-state index is 0.343. The van der Waals surface area contributed by atoms with Gasteiger partial charge in [0.1, 0.15) is 5.75 Å². The van der Waals surface area contributed by atoms with Gasteiger partial charge in [0.25, 0.3) is 0 Å². The maximum Gasteiger partial charge on any atom is 0.139 e. The van der Waals surface area contributed by atoms with Crippen molar-refractivity contribution in [2.24, 2.45) is 0 Å². The van der Waals surface area contributed by atoms with Gasteiger partial charge < -0.3 is 14.6 Å². The molecule has 92 valence electrons. The molecule has 17 heavy (non-hydrogen) atoms. The van der Waals surface area contributed by atoms with Gasteiger partial charge in [-0.15, -0.1) is 0 Å². The molecule has 2 aromatic rings. The van der Waals surface area contributed by atoms with E-state index >= 15 is 0 Å². The van der Waals surface area contributed by atoms with Crippen LogP contribution in [0.3, 0.4) is 0 Å². The normalized spacial score (nSPS) is 11.9. The van der Waals surface area contributed by atoms with Crippen LogP contribution in [0.2, 0.25) is 0 Å². The number of fused-ring (bicyclic) bond motifs is 1. The molecule has 0 saturated heterocycles. The minimum Gasteiger partial charge on any atom is -0.506 e. The number of hydrogen-bond donors (Lipinski definition) is 1. The predicted molar refractivity (Wildman–Crippen MR) is 71.4 cm³/mol. The van der Waals surface area contributed by atoms with Crippen molar-refractivity contribution >= 4 is 10.9 Å². The van der Waals surface area contributed by atoms with Crippen LogP contribution in [0.1, 0.15) is 25.6 Å². The molecule has 3 nitrogen and oxygen atoms in total. The third-order valence-electron chi connectivity index (χ3n) is 2.91.